The number of aromatic nitrogens is 2. The predicted octanol–water partition coefficient (Wildman–Crippen LogP) is 1.91. The Morgan fingerprint density at radius 3 is 2.60 bits per heavy atom. The smallest absolute Gasteiger partial charge is 0.311 e. The summed E-state index contributed by atoms with van der Waals surface area (Å²) < 4.78 is 0. The number of nitrogens with one attached hydrogen (secondary N) is 2. The van der Waals surface area contributed by atoms with Crippen LogP contribution in [-0.4, -0.2) is 33.7 Å². The lowest BCUT2D eigenvalue weighted by molar-refractivity contribution is -0.149. The van der Waals surface area contributed by atoms with Crippen LogP contribution in [0.2, 0.25) is 0 Å². The Hall–Kier alpha value is -1.85. The Bertz CT molecular complexity index is 502. The van der Waals surface area contributed by atoms with Crippen molar-refractivity contribution >= 4 is 11.9 Å². The molecule has 0 saturated heterocycles. The molecule has 0 atom stereocenters. The van der Waals surface area contributed by atoms with Crippen LogP contribution in [0, 0.1) is 5.41 Å². The zero-order valence-electron chi connectivity index (χ0n) is 11.9. The quantitative estimate of drug-likeness (QED) is 0.710. The molecule has 6 nitrogen and oxygen atoms in total. The molecule has 20 heavy (non-hydrogen) atoms. The fourth-order valence-corrected chi connectivity index (χ4v) is 2.27. The maximum absolute atomic E-state index is 12.0. The van der Waals surface area contributed by atoms with Crippen molar-refractivity contribution < 1.29 is 14.7 Å². The van der Waals surface area contributed by atoms with E-state index in [1.54, 1.807) is 6.07 Å². The molecule has 110 valence electrons. The number of hydrogen-bond acceptors (Lipinski definition) is 3. The summed E-state index contributed by atoms with van der Waals surface area (Å²) in [6.07, 6.45) is 3.23. The van der Waals surface area contributed by atoms with Gasteiger partial charge in [-0.25, -0.2) is 0 Å². The van der Waals surface area contributed by atoms with Gasteiger partial charge >= 0.3 is 5.97 Å². The normalized spacial score (nSPS) is 15.1. The molecule has 1 amide bonds. The molecule has 6 heteroatoms. The first-order chi connectivity index (χ1) is 9.52. The van der Waals surface area contributed by atoms with Crippen LogP contribution < -0.4 is 5.32 Å². The first-order valence-electron chi connectivity index (χ1n) is 7.09. The second kappa shape index (κ2) is 5.64. The Morgan fingerprint density at radius 2 is 2.10 bits per heavy atom. The highest BCUT2D eigenvalue weighted by molar-refractivity contribution is 5.92. The van der Waals surface area contributed by atoms with Crippen molar-refractivity contribution in [1.82, 2.24) is 15.5 Å². The number of aliphatic carboxylic acids is 1. The van der Waals surface area contributed by atoms with Crippen molar-refractivity contribution in [3.05, 3.63) is 17.5 Å². The summed E-state index contributed by atoms with van der Waals surface area (Å²) in [7, 11) is 0. The summed E-state index contributed by atoms with van der Waals surface area (Å²) in [5.74, 6) is -0.683. The summed E-state index contributed by atoms with van der Waals surface area (Å²) in [5, 5.41) is 18.9. The van der Waals surface area contributed by atoms with E-state index in [9.17, 15) is 14.7 Å². The van der Waals surface area contributed by atoms with E-state index in [4.69, 9.17) is 0 Å². The highest BCUT2D eigenvalue weighted by Crippen LogP contribution is 2.39. The summed E-state index contributed by atoms with van der Waals surface area (Å²) >= 11 is 0. The van der Waals surface area contributed by atoms with Crippen molar-refractivity contribution in [2.24, 2.45) is 5.41 Å². The van der Waals surface area contributed by atoms with E-state index in [2.05, 4.69) is 15.5 Å². The van der Waals surface area contributed by atoms with E-state index >= 15 is 0 Å². The van der Waals surface area contributed by atoms with Crippen molar-refractivity contribution in [1.29, 1.82) is 0 Å². The zero-order valence-corrected chi connectivity index (χ0v) is 11.9. The number of hydrogen-bond donors (Lipinski definition) is 3. The number of amides is 1. The van der Waals surface area contributed by atoms with E-state index < -0.39 is 11.4 Å². The Morgan fingerprint density at radius 1 is 1.45 bits per heavy atom. The molecule has 2 rings (SSSR count). The van der Waals surface area contributed by atoms with Gasteiger partial charge in [-0.2, -0.15) is 5.10 Å². The number of rotatable bonds is 7. The molecular formula is C14H21N3O3. The maximum atomic E-state index is 12.0. The van der Waals surface area contributed by atoms with Crippen LogP contribution in [0.1, 0.15) is 61.6 Å². The van der Waals surface area contributed by atoms with Crippen LogP contribution in [-0.2, 0) is 4.79 Å². The standard InChI is InChI=1S/C14H21N3O3/c1-3-14(4-2,13(19)20)8-15-12(18)11-7-10(16-17-11)9-5-6-9/h7,9H,3-6,8H2,1-2H3,(H,15,18)(H,16,17)(H,19,20). The monoisotopic (exact) mass is 279 g/mol. The van der Waals surface area contributed by atoms with Crippen molar-refractivity contribution in [2.75, 3.05) is 6.54 Å². The predicted molar refractivity (Wildman–Crippen MR) is 73.5 cm³/mol. The van der Waals surface area contributed by atoms with Crippen LogP contribution >= 0.6 is 0 Å². The Kier molecular flexibility index (Phi) is 4.11. The molecule has 1 fully saturated rings. The highest BCUT2D eigenvalue weighted by atomic mass is 16.4. The first kappa shape index (κ1) is 14.6. The molecule has 3 N–H and O–H groups in total. The molecule has 1 saturated carbocycles. The maximum Gasteiger partial charge on any atom is 0.311 e. The van der Waals surface area contributed by atoms with Crippen molar-refractivity contribution in [3.63, 3.8) is 0 Å². The highest BCUT2D eigenvalue weighted by Gasteiger charge is 2.35. The molecule has 1 aliphatic rings. The van der Waals surface area contributed by atoms with Gasteiger partial charge in [-0.15, -0.1) is 0 Å². The fraction of sp³-hybridized carbons (Fsp3) is 0.643. The SMILES string of the molecule is CCC(CC)(CNC(=O)c1cc(C2CC2)[nH]n1)C(=O)O. The lowest BCUT2D eigenvalue weighted by Gasteiger charge is -2.26. The van der Waals surface area contributed by atoms with Gasteiger partial charge in [-0.05, 0) is 31.7 Å². The van der Waals surface area contributed by atoms with Gasteiger partial charge in [0.15, 0.2) is 0 Å². The minimum absolute atomic E-state index is 0.125. The van der Waals surface area contributed by atoms with E-state index in [1.165, 1.54) is 0 Å². The summed E-state index contributed by atoms with van der Waals surface area (Å²) in [5.41, 5.74) is 0.426. The van der Waals surface area contributed by atoms with E-state index in [1.807, 2.05) is 13.8 Å². The van der Waals surface area contributed by atoms with Crippen LogP contribution in [0.15, 0.2) is 6.07 Å². The molecule has 0 aromatic carbocycles. The first-order valence-corrected chi connectivity index (χ1v) is 7.09. The van der Waals surface area contributed by atoms with E-state index in [0.29, 0.717) is 24.5 Å². The number of carbonyl (C=O) groups excluding carboxylic acids is 1. The van der Waals surface area contributed by atoms with Gasteiger partial charge in [0.05, 0.1) is 5.41 Å². The largest absolute Gasteiger partial charge is 0.481 e. The summed E-state index contributed by atoms with van der Waals surface area (Å²) in [6.45, 7) is 3.77. The molecule has 0 bridgehead atoms. The van der Waals surface area contributed by atoms with Gasteiger partial charge < -0.3 is 10.4 Å². The van der Waals surface area contributed by atoms with E-state index in [0.717, 1.165) is 18.5 Å². The zero-order chi connectivity index (χ0) is 14.8. The molecule has 1 aromatic rings. The summed E-state index contributed by atoms with van der Waals surface area (Å²) in [4.78, 5) is 23.4. The number of carboxylic acid groups (broad SMARTS) is 1. The molecule has 0 aliphatic heterocycles. The number of carbonyl (C=O) groups is 2. The molecule has 1 aromatic heterocycles. The second-order valence-corrected chi connectivity index (χ2v) is 5.46. The van der Waals surface area contributed by atoms with Gasteiger partial charge in [0, 0.05) is 18.2 Å². The van der Waals surface area contributed by atoms with Gasteiger partial charge in [0.2, 0.25) is 0 Å². The minimum Gasteiger partial charge on any atom is -0.481 e. The molecule has 0 unspecified atom stereocenters. The van der Waals surface area contributed by atoms with Crippen molar-refractivity contribution in [3.8, 4) is 0 Å². The van der Waals surface area contributed by atoms with Crippen LogP contribution in [0.4, 0.5) is 0 Å². The lowest BCUT2D eigenvalue weighted by atomic mass is 9.82. The molecular weight excluding hydrogens is 258 g/mol. The van der Waals surface area contributed by atoms with Crippen LogP contribution in [0.5, 0.6) is 0 Å². The number of aromatic amines is 1. The minimum atomic E-state index is -0.898. The third-order valence-electron chi connectivity index (χ3n) is 4.24. The van der Waals surface area contributed by atoms with Crippen LogP contribution in [0.3, 0.4) is 0 Å². The third kappa shape index (κ3) is 2.84. The topological polar surface area (TPSA) is 95.1 Å². The van der Waals surface area contributed by atoms with Gasteiger partial charge in [-0.1, -0.05) is 13.8 Å². The Balaban J connectivity index is 1.97. The number of nitrogens with zero attached hydrogens (tertiary/aromatic N) is 1. The second-order valence-electron chi connectivity index (χ2n) is 5.46. The summed E-state index contributed by atoms with van der Waals surface area (Å²) in [6, 6.07) is 1.76. The average Bonchev–Trinajstić information content (AvgIpc) is 3.17. The van der Waals surface area contributed by atoms with Crippen LogP contribution in [0.25, 0.3) is 0 Å². The third-order valence-corrected chi connectivity index (χ3v) is 4.24. The molecule has 1 aliphatic carbocycles. The van der Waals surface area contributed by atoms with Gasteiger partial charge in [-0.3, -0.25) is 14.7 Å². The van der Waals surface area contributed by atoms with E-state index in [-0.39, 0.29) is 12.5 Å². The number of H-pyrrole nitrogens is 1. The van der Waals surface area contributed by atoms with Gasteiger partial charge in [0.25, 0.3) is 5.91 Å². The van der Waals surface area contributed by atoms with Gasteiger partial charge in [0.1, 0.15) is 5.69 Å². The molecule has 1 heterocycles. The Labute approximate surface area is 118 Å². The lowest BCUT2D eigenvalue weighted by Crippen LogP contribution is -2.42. The molecule has 0 spiro atoms. The molecule has 0 radical (unpaired) electrons. The average molecular weight is 279 g/mol. The number of carboxylic acids is 1. The fourth-order valence-electron chi connectivity index (χ4n) is 2.27. The van der Waals surface area contributed by atoms with Crippen molar-refractivity contribution in [2.45, 2.75) is 45.4 Å².